The molecule has 1 amide bonds. The fourth-order valence-electron chi connectivity index (χ4n) is 4.06. The Labute approximate surface area is 218 Å². The Bertz CT molecular complexity index is 1350. The number of hydrogen-bond acceptors (Lipinski definition) is 5. The summed E-state index contributed by atoms with van der Waals surface area (Å²) in [6.45, 7) is 13.1. The second-order valence-corrected chi connectivity index (χ2v) is 8.73. The molecule has 1 saturated heterocycles. The second kappa shape index (κ2) is 12.0. The van der Waals surface area contributed by atoms with Crippen LogP contribution in [0.5, 0.6) is 0 Å². The van der Waals surface area contributed by atoms with Gasteiger partial charge < -0.3 is 20.7 Å². The van der Waals surface area contributed by atoms with E-state index in [1.165, 1.54) is 0 Å². The number of benzene rings is 2. The molecule has 0 atom stereocenters. The first kappa shape index (κ1) is 25.7. The SMILES string of the molecule is C=C(/C=C\C(=C/C)NC(=O)C(=C)c1cc(-c2cncc(N3CCOCC3)c2)ccc1N)c1ccccc1. The highest BCUT2D eigenvalue weighted by atomic mass is 16.5. The molecule has 0 spiro atoms. The molecular formula is C31H32N4O2. The van der Waals surface area contributed by atoms with Gasteiger partial charge in [0.1, 0.15) is 0 Å². The summed E-state index contributed by atoms with van der Waals surface area (Å²) in [4.78, 5) is 19.8. The van der Waals surface area contributed by atoms with Crippen molar-refractivity contribution in [1.29, 1.82) is 0 Å². The van der Waals surface area contributed by atoms with Crippen LogP contribution in [0.4, 0.5) is 11.4 Å². The summed E-state index contributed by atoms with van der Waals surface area (Å²) >= 11 is 0. The molecular weight excluding hydrogens is 460 g/mol. The van der Waals surface area contributed by atoms with Crippen LogP contribution in [-0.4, -0.2) is 37.2 Å². The Kier molecular flexibility index (Phi) is 8.33. The summed E-state index contributed by atoms with van der Waals surface area (Å²) in [6, 6.07) is 17.6. The lowest BCUT2D eigenvalue weighted by atomic mass is 9.98. The smallest absolute Gasteiger partial charge is 0.255 e. The molecule has 0 unspecified atom stereocenters. The van der Waals surface area contributed by atoms with Crippen molar-refractivity contribution in [2.24, 2.45) is 0 Å². The van der Waals surface area contributed by atoms with E-state index in [0.29, 0.717) is 30.2 Å². The Balaban J connectivity index is 1.49. The van der Waals surface area contributed by atoms with E-state index in [0.717, 1.165) is 41.0 Å². The predicted octanol–water partition coefficient (Wildman–Crippen LogP) is 5.47. The Morgan fingerprint density at radius 2 is 1.78 bits per heavy atom. The van der Waals surface area contributed by atoms with Crippen LogP contribution in [-0.2, 0) is 9.53 Å². The number of carbonyl (C=O) groups excluding carboxylic acids is 1. The summed E-state index contributed by atoms with van der Waals surface area (Å²) in [7, 11) is 0. The molecule has 2 heterocycles. The maximum Gasteiger partial charge on any atom is 0.255 e. The third-order valence-corrected chi connectivity index (χ3v) is 6.26. The molecule has 0 saturated carbocycles. The minimum atomic E-state index is -0.327. The van der Waals surface area contributed by atoms with Crippen molar-refractivity contribution in [2.75, 3.05) is 36.9 Å². The van der Waals surface area contributed by atoms with E-state index < -0.39 is 0 Å². The highest BCUT2D eigenvalue weighted by Crippen LogP contribution is 2.30. The molecule has 0 aliphatic carbocycles. The molecule has 37 heavy (non-hydrogen) atoms. The third-order valence-electron chi connectivity index (χ3n) is 6.26. The van der Waals surface area contributed by atoms with Crippen LogP contribution in [0.15, 0.2) is 104 Å². The van der Waals surface area contributed by atoms with E-state index in [2.05, 4.69) is 34.4 Å². The van der Waals surface area contributed by atoms with Gasteiger partial charge in [-0.25, -0.2) is 0 Å². The molecule has 1 aromatic heterocycles. The number of ether oxygens (including phenoxy) is 1. The fourth-order valence-corrected chi connectivity index (χ4v) is 4.06. The average molecular weight is 493 g/mol. The summed E-state index contributed by atoms with van der Waals surface area (Å²) in [6.07, 6.45) is 9.19. The quantitative estimate of drug-likeness (QED) is 0.248. The number of nitrogens with one attached hydrogen (secondary N) is 1. The fraction of sp³-hybridized carbons (Fsp3) is 0.161. The Hall–Kier alpha value is -4.42. The van der Waals surface area contributed by atoms with Gasteiger partial charge in [0.25, 0.3) is 5.91 Å². The van der Waals surface area contributed by atoms with Gasteiger partial charge in [0.15, 0.2) is 0 Å². The topological polar surface area (TPSA) is 80.5 Å². The number of allylic oxidation sites excluding steroid dienone is 4. The zero-order valence-electron chi connectivity index (χ0n) is 21.1. The lowest BCUT2D eigenvalue weighted by Crippen LogP contribution is -2.36. The normalized spacial score (nSPS) is 14.0. The largest absolute Gasteiger partial charge is 0.398 e. The van der Waals surface area contributed by atoms with E-state index in [4.69, 9.17) is 10.5 Å². The molecule has 0 radical (unpaired) electrons. The molecule has 3 N–H and O–H groups in total. The third kappa shape index (κ3) is 6.42. The lowest BCUT2D eigenvalue weighted by Gasteiger charge is -2.28. The van der Waals surface area contributed by atoms with E-state index in [9.17, 15) is 4.79 Å². The summed E-state index contributed by atoms with van der Waals surface area (Å²) in [5.41, 5.74) is 13.0. The van der Waals surface area contributed by atoms with E-state index >= 15 is 0 Å². The first-order valence-corrected chi connectivity index (χ1v) is 12.2. The zero-order valence-corrected chi connectivity index (χ0v) is 21.1. The maximum absolute atomic E-state index is 13.1. The van der Waals surface area contributed by atoms with Crippen molar-refractivity contribution in [1.82, 2.24) is 10.3 Å². The van der Waals surface area contributed by atoms with Gasteiger partial charge in [-0.1, -0.05) is 61.7 Å². The first-order chi connectivity index (χ1) is 18.0. The van der Waals surface area contributed by atoms with Crippen LogP contribution in [0.3, 0.4) is 0 Å². The molecule has 6 heteroatoms. The van der Waals surface area contributed by atoms with Crippen LogP contribution in [0.2, 0.25) is 0 Å². The number of anilines is 2. The number of nitrogens with two attached hydrogens (primary N) is 1. The van der Waals surface area contributed by atoms with Gasteiger partial charge in [-0.15, -0.1) is 0 Å². The standard InChI is InChI=1S/C31H32N4O2/c1-4-27(12-10-22(2)24-8-6-5-7-9-24)34-31(36)23(3)29-19-25(11-13-30(29)32)26-18-28(21-33-20-26)35-14-16-37-17-15-35/h4-13,18-21H,2-3,14-17,32H2,1H3,(H,34,36)/b12-10-,27-4+. The molecule has 3 aromatic rings. The van der Waals surface area contributed by atoms with Crippen molar-refractivity contribution < 1.29 is 9.53 Å². The number of aromatic nitrogens is 1. The van der Waals surface area contributed by atoms with Crippen LogP contribution >= 0.6 is 0 Å². The second-order valence-electron chi connectivity index (χ2n) is 8.73. The van der Waals surface area contributed by atoms with E-state index in [1.807, 2.05) is 80.0 Å². The Morgan fingerprint density at radius 1 is 1.03 bits per heavy atom. The number of hydrogen-bond donors (Lipinski definition) is 2. The minimum absolute atomic E-state index is 0.284. The van der Waals surface area contributed by atoms with Crippen molar-refractivity contribution in [3.63, 3.8) is 0 Å². The number of rotatable bonds is 8. The predicted molar refractivity (Wildman–Crippen MR) is 153 cm³/mol. The van der Waals surface area contributed by atoms with Gasteiger partial charge in [-0.2, -0.15) is 0 Å². The molecule has 4 rings (SSSR count). The molecule has 1 aliphatic heterocycles. The van der Waals surface area contributed by atoms with Crippen LogP contribution in [0.1, 0.15) is 18.1 Å². The van der Waals surface area contributed by atoms with Crippen molar-refractivity contribution >= 4 is 28.4 Å². The van der Waals surface area contributed by atoms with E-state index in [-0.39, 0.29) is 11.5 Å². The molecule has 1 fully saturated rings. The monoisotopic (exact) mass is 492 g/mol. The number of nitrogens with zero attached hydrogens (tertiary/aromatic N) is 2. The molecule has 2 aromatic carbocycles. The summed E-state index contributed by atoms with van der Waals surface area (Å²) < 4.78 is 5.46. The highest BCUT2D eigenvalue weighted by Gasteiger charge is 2.16. The van der Waals surface area contributed by atoms with Crippen molar-refractivity contribution in [3.8, 4) is 11.1 Å². The molecule has 188 valence electrons. The maximum atomic E-state index is 13.1. The average Bonchev–Trinajstić information content (AvgIpc) is 2.95. The summed E-state index contributed by atoms with van der Waals surface area (Å²) in [5.74, 6) is -0.327. The van der Waals surface area contributed by atoms with Gasteiger partial charge in [0.05, 0.1) is 25.1 Å². The van der Waals surface area contributed by atoms with Gasteiger partial charge in [0.2, 0.25) is 0 Å². The number of morpholine rings is 1. The van der Waals surface area contributed by atoms with Gasteiger partial charge in [-0.05, 0) is 47.9 Å². The van der Waals surface area contributed by atoms with Crippen molar-refractivity contribution in [2.45, 2.75) is 6.92 Å². The Morgan fingerprint density at radius 3 is 2.51 bits per heavy atom. The number of carbonyl (C=O) groups is 1. The number of nitrogen functional groups attached to an aromatic ring is 1. The lowest BCUT2D eigenvalue weighted by molar-refractivity contribution is -0.114. The molecule has 0 bridgehead atoms. The zero-order chi connectivity index (χ0) is 26.2. The van der Waals surface area contributed by atoms with Gasteiger partial charge >= 0.3 is 0 Å². The molecule has 1 aliphatic rings. The van der Waals surface area contributed by atoms with Gasteiger partial charge in [-0.3, -0.25) is 9.78 Å². The highest BCUT2D eigenvalue weighted by molar-refractivity contribution is 6.21. The van der Waals surface area contributed by atoms with Crippen LogP contribution < -0.4 is 16.0 Å². The first-order valence-electron chi connectivity index (χ1n) is 12.2. The van der Waals surface area contributed by atoms with Crippen LogP contribution in [0.25, 0.3) is 22.3 Å². The number of amides is 1. The van der Waals surface area contributed by atoms with Crippen molar-refractivity contribution in [3.05, 3.63) is 115 Å². The summed E-state index contributed by atoms with van der Waals surface area (Å²) in [5, 5.41) is 2.92. The van der Waals surface area contributed by atoms with Crippen LogP contribution in [0, 0.1) is 0 Å². The molecule has 6 nitrogen and oxygen atoms in total. The van der Waals surface area contributed by atoms with Gasteiger partial charge in [0, 0.05) is 47.4 Å². The minimum Gasteiger partial charge on any atom is -0.398 e. The number of pyridine rings is 1. The van der Waals surface area contributed by atoms with E-state index in [1.54, 1.807) is 6.07 Å².